The number of nitrogens with zero attached hydrogens (tertiary/aromatic N) is 1. The highest BCUT2D eigenvalue weighted by Gasteiger charge is 2.31. The second-order valence-electron chi connectivity index (χ2n) is 4.86. The largest absolute Gasteiger partial charge is 0.495 e. The SMILES string of the molecule is COc1cc(S(=O)(=O)N2CCCCC2C)ccc1N. The predicted octanol–water partition coefficient (Wildman–Crippen LogP) is 1.84. The first kappa shape index (κ1) is 14.1. The summed E-state index contributed by atoms with van der Waals surface area (Å²) in [6, 6.07) is 4.64. The molecule has 1 aromatic rings. The molecule has 0 amide bonds. The Hall–Kier alpha value is -1.27. The zero-order chi connectivity index (χ0) is 14.0. The zero-order valence-electron chi connectivity index (χ0n) is 11.3. The molecule has 0 aliphatic carbocycles. The van der Waals surface area contributed by atoms with Crippen LogP contribution in [0.4, 0.5) is 5.69 Å². The second kappa shape index (κ2) is 5.38. The molecule has 2 N–H and O–H groups in total. The summed E-state index contributed by atoms with van der Waals surface area (Å²) in [5.41, 5.74) is 6.15. The molecule has 5 nitrogen and oxygen atoms in total. The molecule has 1 aromatic carbocycles. The topological polar surface area (TPSA) is 72.6 Å². The van der Waals surface area contributed by atoms with Crippen LogP contribution in [-0.2, 0) is 10.0 Å². The van der Waals surface area contributed by atoms with Crippen molar-refractivity contribution in [3.05, 3.63) is 18.2 Å². The maximum Gasteiger partial charge on any atom is 0.243 e. The molecule has 0 radical (unpaired) electrons. The van der Waals surface area contributed by atoms with Crippen molar-refractivity contribution in [1.82, 2.24) is 4.31 Å². The van der Waals surface area contributed by atoms with Crippen molar-refractivity contribution in [2.24, 2.45) is 0 Å². The number of sulfonamides is 1. The lowest BCUT2D eigenvalue weighted by molar-refractivity contribution is 0.268. The van der Waals surface area contributed by atoms with Gasteiger partial charge in [-0.05, 0) is 31.9 Å². The Bertz CT molecular complexity index is 557. The highest BCUT2D eigenvalue weighted by molar-refractivity contribution is 7.89. The Balaban J connectivity index is 2.38. The van der Waals surface area contributed by atoms with Gasteiger partial charge in [-0.25, -0.2) is 8.42 Å². The lowest BCUT2D eigenvalue weighted by Gasteiger charge is -2.32. The summed E-state index contributed by atoms with van der Waals surface area (Å²) in [5, 5.41) is 0. The third-order valence-electron chi connectivity index (χ3n) is 3.55. The summed E-state index contributed by atoms with van der Waals surface area (Å²) < 4.78 is 31.9. The van der Waals surface area contributed by atoms with Crippen molar-refractivity contribution in [1.29, 1.82) is 0 Å². The number of methoxy groups -OCH3 is 1. The van der Waals surface area contributed by atoms with E-state index in [4.69, 9.17) is 10.5 Å². The summed E-state index contributed by atoms with van der Waals surface area (Å²) in [5.74, 6) is 0.394. The molecule has 0 aromatic heterocycles. The maximum absolute atomic E-state index is 12.6. The van der Waals surface area contributed by atoms with E-state index in [9.17, 15) is 8.42 Å². The van der Waals surface area contributed by atoms with Crippen molar-refractivity contribution in [3.8, 4) is 5.75 Å². The monoisotopic (exact) mass is 284 g/mol. The van der Waals surface area contributed by atoms with Crippen molar-refractivity contribution in [2.45, 2.75) is 37.1 Å². The van der Waals surface area contributed by atoms with Crippen LogP contribution >= 0.6 is 0 Å². The van der Waals surface area contributed by atoms with Gasteiger partial charge in [0, 0.05) is 18.7 Å². The van der Waals surface area contributed by atoms with E-state index in [-0.39, 0.29) is 10.9 Å². The normalized spacial score (nSPS) is 21.3. The first-order chi connectivity index (χ1) is 8.96. The fourth-order valence-electron chi connectivity index (χ4n) is 2.42. The number of nitrogens with two attached hydrogens (primary N) is 1. The quantitative estimate of drug-likeness (QED) is 0.860. The molecule has 1 atom stereocenters. The van der Waals surface area contributed by atoms with Crippen molar-refractivity contribution in [2.75, 3.05) is 19.4 Å². The minimum absolute atomic E-state index is 0.0438. The standard InChI is InChI=1S/C13H20N2O3S/c1-10-5-3-4-8-15(10)19(16,17)11-6-7-12(14)13(9-11)18-2/h6-7,9-10H,3-5,8,14H2,1-2H3. The van der Waals surface area contributed by atoms with Crippen LogP contribution in [-0.4, -0.2) is 32.4 Å². The third-order valence-corrected chi connectivity index (χ3v) is 5.56. The molecule has 0 spiro atoms. The molecular weight excluding hydrogens is 264 g/mol. The number of ether oxygens (including phenoxy) is 1. The van der Waals surface area contributed by atoms with Gasteiger partial charge in [-0.1, -0.05) is 6.42 Å². The minimum atomic E-state index is -3.46. The van der Waals surface area contributed by atoms with Crippen LogP contribution in [0.5, 0.6) is 5.75 Å². The number of hydrogen-bond donors (Lipinski definition) is 1. The highest BCUT2D eigenvalue weighted by atomic mass is 32.2. The fraction of sp³-hybridized carbons (Fsp3) is 0.538. The Morgan fingerprint density at radius 1 is 1.37 bits per heavy atom. The van der Waals surface area contributed by atoms with Gasteiger partial charge < -0.3 is 10.5 Å². The van der Waals surface area contributed by atoms with Crippen LogP contribution in [0, 0.1) is 0 Å². The van der Waals surface area contributed by atoms with Gasteiger partial charge in [0.15, 0.2) is 0 Å². The van der Waals surface area contributed by atoms with E-state index >= 15 is 0 Å². The summed E-state index contributed by atoms with van der Waals surface area (Å²) >= 11 is 0. The molecule has 1 unspecified atom stereocenters. The van der Waals surface area contributed by atoms with E-state index in [1.807, 2.05) is 6.92 Å². The highest BCUT2D eigenvalue weighted by Crippen LogP contribution is 2.29. The fourth-order valence-corrected chi connectivity index (χ4v) is 4.13. The van der Waals surface area contributed by atoms with E-state index in [0.717, 1.165) is 19.3 Å². The molecule has 0 bridgehead atoms. The molecule has 19 heavy (non-hydrogen) atoms. The van der Waals surface area contributed by atoms with Gasteiger partial charge in [-0.3, -0.25) is 0 Å². The number of anilines is 1. The van der Waals surface area contributed by atoms with E-state index < -0.39 is 10.0 Å². The molecule has 6 heteroatoms. The van der Waals surface area contributed by atoms with Gasteiger partial charge in [0.1, 0.15) is 5.75 Å². The number of nitrogen functional groups attached to an aromatic ring is 1. The first-order valence-electron chi connectivity index (χ1n) is 6.42. The van der Waals surface area contributed by atoms with Gasteiger partial charge in [-0.15, -0.1) is 0 Å². The van der Waals surface area contributed by atoms with E-state index in [1.165, 1.54) is 19.2 Å². The molecule has 1 heterocycles. The second-order valence-corrected chi connectivity index (χ2v) is 6.75. The van der Waals surface area contributed by atoms with Crippen LogP contribution in [0.2, 0.25) is 0 Å². The van der Waals surface area contributed by atoms with E-state index in [1.54, 1.807) is 10.4 Å². The predicted molar refractivity (Wildman–Crippen MR) is 74.6 cm³/mol. The van der Waals surface area contributed by atoms with Gasteiger partial charge in [-0.2, -0.15) is 4.31 Å². The number of rotatable bonds is 3. The summed E-state index contributed by atoms with van der Waals surface area (Å²) in [6.07, 6.45) is 2.90. The van der Waals surface area contributed by atoms with Crippen molar-refractivity contribution >= 4 is 15.7 Å². The van der Waals surface area contributed by atoms with Crippen LogP contribution in [0.1, 0.15) is 26.2 Å². The number of piperidine rings is 1. The van der Waals surface area contributed by atoms with E-state index in [0.29, 0.717) is 18.0 Å². The molecular formula is C13H20N2O3S. The van der Waals surface area contributed by atoms with Crippen molar-refractivity contribution in [3.63, 3.8) is 0 Å². The molecule has 106 valence electrons. The van der Waals surface area contributed by atoms with Crippen LogP contribution in [0.3, 0.4) is 0 Å². The first-order valence-corrected chi connectivity index (χ1v) is 7.86. The Morgan fingerprint density at radius 3 is 2.74 bits per heavy atom. The molecule has 1 saturated heterocycles. The average molecular weight is 284 g/mol. The lowest BCUT2D eigenvalue weighted by atomic mass is 10.1. The summed E-state index contributed by atoms with van der Waals surface area (Å²) in [7, 11) is -1.99. The van der Waals surface area contributed by atoms with E-state index in [2.05, 4.69) is 0 Å². The van der Waals surface area contributed by atoms with Crippen LogP contribution in [0.25, 0.3) is 0 Å². The minimum Gasteiger partial charge on any atom is -0.495 e. The third kappa shape index (κ3) is 2.69. The smallest absolute Gasteiger partial charge is 0.243 e. The lowest BCUT2D eigenvalue weighted by Crippen LogP contribution is -2.41. The molecule has 2 rings (SSSR count). The molecule has 1 aliphatic rings. The van der Waals surface area contributed by atoms with Crippen molar-refractivity contribution < 1.29 is 13.2 Å². The zero-order valence-corrected chi connectivity index (χ0v) is 12.1. The molecule has 1 fully saturated rings. The maximum atomic E-state index is 12.6. The molecule has 0 saturated carbocycles. The summed E-state index contributed by atoms with van der Waals surface area (Å²) in [6.45, 7) is 2.53. The van der Waals surface area contributed by atoms with Crippen LogP contribution < -0.4 is 10.5 Å². The summed E-state index contributed by atoms with van der Waals surface area (Å²) in [4.78, 5) is 0.243. The number of hydrogen-bond acceptors (Lipinski definition) is 4. The Kier molecular flexibility index (Phi) is 4.01. The van der Waals surface area contributed by atoms with Gasteiger partial charge >= 0.3 is 0 Å². The average Bonchev–Trinajstić information content (AvgIpc) is 2.39. The van der Waals surface area contributed by atoms with Crippen LogP contribution in [0.15, 0.2) is 23.1 Å². The molecule has 1 aliphatic heterocycles. The van der Waals surface area contributed by atoms with Gasteiger partial charge in [0.25, 0.3) is 0 Å². The van der Waals surface area contributed by atoms with Gasteiger partial charge in [0.05, 0.1) is 17.7 Å². The Labute approximate surface area is 114 Å². The Morgan fingerprint density at radius 2 is 2.11 bits per heavy atom. The van der Waals surface area contributed by atoms with Gasteiger partial charge in [0.2, 0.25) is 10.0 Å². The number of benzene rings is 1.